The molecule has 1 N–H and O–H groups in total. The Morgan fingerprint density at radius 3 is 2.37 bits per heavy atom. The van der Waals surface area contributed by atoms with Crippen LogP contribution in [0.5, 0.6) is 0 Å². The Kier molecular flexibility index (Phi) is 5.05. The number of esters is 1. The third kappa shape index (κ3) is 3.43. The van der Waals surface area contributed by atoms with Crippen LogP contribution in [-0.2, 0) is 23.8 Å². The Labute approximate surface area is 171 Å². The highest BCUT2D eigenvalue weighted by atomic mass is 16.6. The summed E-state index contributed by atoms with van der Waals surface area (Å²) in [5, 5.41) is 2.58. The van der Waals surface area contributed by atoms with Crippen molar-refractivity contribution >= 4 is 29.1 Å². The zero-order valence-corrected chi connectivity index (χ0v) is 16.0. The van der Waals surface area contributed by atoms with E-state index in [1.807, 2.05) is 0 Å². The van der Waals surface area contributed by atoms with E-state index in [2.05, 4.69) is 5.32 Å². The second-order valence-electron chi connectivity index (χ2n) is 6.67. The van der Waals surface area contributed by atoms with Gasteiger partial charge in [0.25, 0.3) is 5.91 Å². The molecule has 2 aromatic carbocycles. The molecule has 1 heterocycles. The number of amides is 1. The first-order valence-corrected chi connectivity index (χ1v) is 9.25. The Morgan fingerprint density at radius 1 is 0.967 bits per heavy atom. The van der Waals surface area contributed by atoms with Crippen molar-refractivity contribution < 1.29 is 33.4 Å². The molecule has 0 aromatic heterocycles. The van der Waals surface area contributed by atoms with Gasteiger partial charge in [0.15, 0.2) is 17.7 Å². The third-order valence-electron chi connectivity index (χ3n) is 4.71. The van der Waals surface area contributed by atoms with E-state index in [0.717, 1.165) is 6.26 Å². The fourth-order valence-electron chi connectivity index (χ4n) is 3.23. The van der Waals surface area contributed by atoms with Crippen molar-refractivity contribution in [3.63, 3.8) is 0 Å². The van der Waals surface area contributed by atoms with Gasteiger partial charge in [0, 0.05) is 16.7 Å². The number of anilines is 1. The van der Waals surface area contributed by atoms with Crippen LogP contribution in [0.15, 0.2) is 54.5 Å². The van der Waals surface area contributed by atoms with Crippen molar-refractivity contribution in [2.24, 2.45) is 0 Å². The normalized spacial score (nSPS) is 15.6. The highest BCUT2D eigenvalue weighted by molar-refractivity contribution is 6.30. The average molecular weight is 407 g/mol. The van der Waals surface area contributed by atoms with Gasteiger partial charge in [0.2, 0.25) is 5.76 Å². The molecule has 0 radical (unpaired) electrons. The maximum Gasteiger partial charge on any atom is 0.377 e. The molecule has 152 valence electrons. The molecule has 2 aromatic rings. The van der Waals surface area contributed by atoms with Gasteiger partial charge in [0.1, 0.15) is 19.5 Å². The second-order valence-corrected chi connectivity index (χ2v) is 6.67. The summed E-state index contributed by atoms with van der Waals surface area (Å²) >= 11 is 0. The standard InChI is InChI=1S/C22H17NO7/c1-12(30-22(27)17-11-28-9-10-29-17)21(26)23-16-8-4-7-15-18(16)20(25)14-6-3-2-5-13(14)19(15)24/h2-8,11-12H,9-10H2,1H3,(H,23,26)/t12-/m1/s1. The minimum atomic E-state index is -1.18. The van der Waals surface area contributed by atoms with Gasteiger partial charge in [-0.2, -0.15) is 0 Å². The lowest BCUT2D eigenvalue weighted by atomic mass is 9.83. The summed E-state index contributed by atoms with van der Waals surface area (Å²) in [6.45, 7) is 1.91. The number of benzene rings is 2. The molecule has 8 heteroatoms. The molecule has 1 atom stereocenters. The van der Waals surface area contributed by atoms with E-state index in [0.29, 0.717) is 12.2 Å². The fraction of sp³-hybridized carbons (Fsp3) is 0.182. The number of carbonyl (C=O) groups is 4. The summed E-state index contributed by atoms with van der Waals surface area (Å²) in [7, 11) is 0. The number of nitrogens with one attached hydrogen (secondary N) is 1. The summed E-state index contributed by atoms with van der Waals surface area (Å²) in [6, 6.07) is 11.2. The second kappa shape index (κ2) is 7.82. The van der Waals surface area contributed by atoms with E-state index in [1.54, 1.807) is 30.3 Å². The van der Waals surface area contributed by atoms with E-state index in [4.69, 9.17) is 14.2 Å². The van der Waals surface area contributed by atoms with E-state index >= 15 is 0 Å². The zero-order chi connectivity index (χ0) is 21.3. The van der Waals surface area contributed by atoms with Crippen LogP contribution < -0.4 is 5.32 Å². The van der Waals surface area contributed by atoms with Crippen LogP contribution in [0.3, 0.4) is 0 Å². The first-order valence-electron chi connectivity index (χ1n) is 9.25. The van der Waals surface area contributed by atoms with Crippen LogP contribution in [0.2, 0.25) is 0 Å². The smallest absolute Gasteiger partial charge is 0.377 e. The SMILES string of the molecule is C[C@@H](OC(=O)C1=COCCO1)C(=O)Nc1cccc2c1C(=O)c1ccccc1C2=O. The number of ether oxygens (including phenoxy) is 3. The first-order chi connectivity index (χ1) is 14.5. The monoisotopic (exact) mass is 407 g/mol. The molecule has 0 saturated carbocycles. The first kappa shape index (κ1) is 19.4. The van der Waals surface area contributed by atoms with Gasteiger partial charge < -0.3 is 19.5 Å². The van der Waals surface area contributed by atoms with Gasteiger partial charge in [0.05, 0.1) is 11.3 Å². The lowest BCUT2D eigenvalue weighted by Gasteiger charge is -2.21. The zero-order valence-electron chi connectivity index (χ0n) is 16.0. The van der Waals surface area contributed by atoms with Crippen LogP contribution in [0, 0.1) is 0 Å². The number of hydrogen-bond acceptors (Lipinski definition) is 7. The summed E-state index contributed by atoms with van der Waals surface area (Å²) in [5.74, 6) is -2.29. The van der Waals surface area contributed by atoms with Gasteiger partial charge in [-0.05, 0) is 13.0 Å². The number of rotatable bonds is 4. The Balaban J connectivity index is 1.55. The summed E-state index contributed by atoms with van der Waals surface area (Å²) in [5.41, 5.74) is 1.09. The third-order valence-corrected chi connectivity index (χ3v) is 4.71. The van der Waals surface area contributed by atoms with E-state index < -0.39 is 18.0 Å². The minimum Gasteiger partial charge on any atom is -0.493 e. The predicted molar refractivity (Wildman–Crippen MR) is 104 cm³/mol. The fourth-order valence-corrected chi connectivity index (χ4v) is 3.23. The van der Waals surface area contributed by atoms with Crippen LogP contribution in [0.4, 0.5) is 5.69 Å². The van der Waals surface area contributed by atoms with Crippen molar-refractivity contribution in [2.45, 2.75) is 13.0 Å². The van der Waals surface area contributed by atoms with Gasteiger partial charge >= 0.3 is 5.97 Å². The van der Waals surface area contributed by atoms with E-state index in [1.165, 1.54) is 19.1 Å². The average Bonchev–Trinajstić information content (AvgIpc) is 2.78. The number of carbonyl (C=O) groups excluding carboxylic acids is 4. The van der Waals surface area contributed by atoms with Crippen molar-refractivity contribution in [1.29, 1.82) is 0 Å². The molecule has 1 aliphatic carbocycles. The van der Waals surface area contributed by atoms with Gasteiger partial charge in [-0.15, -0.1) is 0 Å². The molecule has 0 bridgehead atoms. The summed E-state index contributed by atoms with van der Waals surface area (Å²) in [4.78, 5) is 50.4. The van der Waals surface area contributed by atoms with Crippen LogP contribution >= 0.6 is 0 Å². The number of fused-ring (bicyclic) bond motifs is 2. The van der Waals surface area contributed by atoms with Crippen molar-refractivity contribution in [3.05, 3.63) is 76.7 Å². The molecular formula is C22H17NO7. The summed E-state index contributed by atoms with van der Waals surface area (Å²) < 4.78 is 15.2. The maximum absolute atomic E-state index is 13.0. The van der Waals surface area contributed by atoms with Crippen LogP contribution in [-0.4, -0.2) is 42.8 Å². The summed E-state index contributed by atoms with van der Waals surface area (Å²) in [6.07, 6.45) is -0.0485. The Morgan fingerprint density at radius 2 is 1.67 bits per heavy atom. The molecule has 0 unspecified atom stereocenters. The number of ketones is 2. The number of hydrogen-bond donors (Lipinski definition) is 1. The molecular weight excluding hydrogens is 390 g/mol. The van der Waals surface area contributed by atoms with Crippen LogP contribution in [0.25, 0.3) is 0 Å². The molecule has 1 amide bonds. The molecule has 1 aliphatic heterocycles. The lowest BCUT2D eigenvalue weighted by molar-refractivity contribution is -0.153. The molecule has 0 fully saturated rings. The maximum atomic E-state index is 13.0. The predicted octanol–water partition coefficient (Wildman–Crippen LogP) is 2.22. The molecule has 0 saturated heterocycles. The van der Waals surface area contributed by atoms with Crippen molar-refractivity contribution in [3.8, 4) is 0 Å². The highest BCUT2D eigenvalue weighted by Gasteiger charge is 2.32. The molecule has 8 nitrogen and oxygen atoms in total. The Hall–Kier alpha value is -3.94. The lowest BCUT2D eigenvalue weighted by Crippen LogP contribution is -2.32. The minimum absolute atomic E-state index is 0.111. The van der Waals surface area contributed by atoms with E-state index in [-0.39, 0.29) is 46.3 Å². The van der Waals surface area contributed by atoms with Crippen LogP contribution in [0.1, 0.15) is 38.8 Å². The van der Waals surface area contributed by atoms with Crippen molar-refractivity contribution in [2.75, 3.05) is 18.5 Å². The largest absolute Gasteiger partial charge is 0.493 e. The van der Waals surface area contributed by atoms with E-state index in [9.17, 15) is 19.2 Å². The molecule has 2 aliphatic rings. The van der Waals surface area contributed by atoms with Gasteiger partial charge in [-0.3, -0.25) is 14.4 Å². The van der Waals surface area contributed by atoms with Gasteiger partial charge in [-0.25, -0.2) is 4.79 Å². The topological polar surface area (TPSA) is 108 Å². The highest BCUT2D eigenvalue weighted by Crippen LogP contribution is 2.32. The van der Waals surface area contributed by atoms with Crippen molar-refractivity contribution in [1.82, 2.24) is 0 Å². The molecule has 30 heavy (non-hydrogen) atoms. The quantitative estimate of drug-likeness (QED) is 0.661. The molecule has 4 rings (SSSR count). The molecule has 0 spiro atoms. The van der Waals surface area contributed by atoms with Gasteiger partial charge in [-0.1, -0.05) is 36.4 Å². The Bertz CT molecular complexity index is 1100.